The maximum Gasteiger partial charge on any atom is 0.0572 e. The van der Waals surface area contributed by atoms with Crippen molar-refractivity contribution in [1.82, 2.24) is 15.2 Å². The number of hydrogen-bond donors (Lipinski definition) is 1. The summed E-state index contributed by atoms with van der Waals surface area (Å²) in [6.07, 6.45) is 1.89. The zero-order valence-corrected chi connectivity index (χ0v) is 9.76. The van der Waals surface area contributed by atoms with Crippen LogP contribution in [0.15, 0.2) is 24.4 Å². The number of rotatable bonds is 2. The number of nitrogens with zero attached hydrogens (tertiary/aromatic N) is 2. The third-order valence-corrected chi connectivity index (χ3v) is 4.08. The van der Waals surface area contributed by atoms with Crippen LogP contribution in [0.4, 0.5) is 0 Å². The Morgan fingerprint density at radius 3 is 2.69 bits per heavy atom. The monoisotopic (exact) mass is 217 g/mol. The normalized spacial score (nSPS) is 31.6. The van der Waals surface area contributed by atoms with E-state index in [1.54, 1.807) is 0 Å². The van der Waals surface area contributed by atoms with Crippen molar-refractivity contribution < 1.29 is 0 Å². The Balaban J connectivity index is 1.71. The SMILES string of the molecule is CC(c1ccccn1)N1C[C@H]2CNC[C@H]2C1. The summed E-state index contributed by atoms with van der Waals surface area (Å²) in [6.45, 7) is 7.15. The van der Waals surface area contributed by atoms with Gasteiger partial charge in [0.1, 0.15) is 0 Å². The molecule has 1 unspecified atom stereocenters. The molecule has 3 heteroatoms. The highest BCUT2D eigenvalue weighted by Gasteiger charge is 2.38. The van der Waals surface area contributed by atoms with Crippen molar-refractivity contribution in [2.24, 2.45) is 11.8 Å². The Morgan fingerprint density at radius 2 is 2.06 bits per heavy atom. The van der Waals surface area contributed by atoms with Gasteiger partial charge in [-0.1, -0.05) is 6.07 Å². The van der Waals surface area contributed by atoms with Crippen LogP contribution in [-0.4, -0.2) is 36.1 Å². The van der Waals surface area contributed by atoms with Crippen LogP contribution in [0.3, 0.4) is 0 Å². The molecule has 16 heavy (non-hydrogen) atoms. The van der Waals surface area contributed by atoms with E-state index in [4.69, 9.17) is 0 Å². The molecular formula is C13H19N3. The van der Waals surface area contributed by atoms with E-state index in [-0.39, 0.29) is 0 Å². The summed E-state index contributed by atoms with van der Waals surface area (Å²) in [7, 11) is 0. The number of hydrogen-bond acceptors (Lipinski definition) is 3. The average molecular weight is 217 g/mol. The molecule has 1 N–H and O–H groups in total. The van der Waals surface area contributed by atoms with E-state index >= 15 is 0 Å². The first kappa shape index (κ1) is 10.2. The smallest absolute Gasteiger partial charge is 0.0572 e. The highest BCUT2D eigenvalue weighted by molar-refractivity contribution is 5.09. The van der Waals surface area contributed by atoms with E-state index < -0.39 is 0 Å². The van der Waals surface area contributed by atoms with Gasteiger partial charge in [0.05, 0.1) is 5.69 Å². The zero-order valence-electron chi connectivity index (χ0n) is 9.76. The van der Waals surface area contributed by atoms with Crippen molar-refractivity contribution in [2.75, 3.05) is 26.2 Å². The van der Waals surface area contributed by atoms with Gasteiger partial charge in [0, 0.05) is 25.3 Å². The standard InChI is InChI=1S/C13H19N3/c1-10(13-4-2-3-5-15-13)16-8-11-6-14-7-12(11)9-16/h2-5,10-12,14H,6-9H2,1H3/t10?,11-,12+. The lowest BCUT2D eigenvalue weighted by atomic mass is 10.0. The third-order valence-electron chi connectivity index (χ3n) is 4.08. The minimum Gasteiger partial charge on any atom is -0.316 e. The summed E-state index contributed by atoms with van der Waals surface area (Å²) < 4.78 is 0. The van der Waals surface area contributed by atoms with E-state index in [0.29, 0.717) is 6.04 Å². The molecule has 2 fully saturated rings. The topological polar surface area (TPSA) is 28.2 Å². The van der Waals surface area contributed by atoms with Gasteiger partial charge >= 0.3 is 0 Å². The fourth-order valence-corrected chi connectivity index (χ4v) is 3.02. The molecule has 86 valence electrons. The molecule has 2 aliphatic rings. The Labute approximate surface area is 96.9 Å². The molecule has 2 aliphatic heterocycles. The van der Waals surface area contributed by atoms with Gasteiger partial charge in [-0.3, -0.25) is 9.88 Å². The van der Waals surface area contributed by atoms with Crippen molar-refractivity contribution in [2.45, 2.75) is 13.0 Å². The Bertz CT molecular complexity index is 339. The van der Waals surface area contributed by atoms with Crippen molar-refractivity contribution in [1.29, 1.82) is 0 Å². The highest BCUT2D eigenvalue weighted by atomic mass is 15.2. The minimum atomic E-state index is 0.465. The number of fused-ring (bicyclic) bond motifs is 1. The average Bonchev–Trinajstić information content (AvgIpc) is 2.89. The fraction of sp³-hybridized carbons (Fsp3) is 0.615. The van der Waals surface area contributed by atoms with E-state index in [1.165, 1.54) is 31.9 Å². The molecule has 3 heterocycles. The molecule has 2 saturated heterocycles. The summed E-state index contributed by atoms with van der Waals surface area (Å²) in [5, 5.41) is 3.48. The van der Waals surface area contributed by atoms with Gasteiger partial charge in [0.25, 0.3) is 0 Å². The van der Waals surface area contributed by atoms with E-state index in [9.17, 15) is 0 Å². The summed E-state index contributed by atoms with van der Waals surface area (Å²) in [5.41, 5.74) is 1.20. The molecule has 0 bridgehead atoms. The van der Waals surface area contributed by atoms with Crippen LogP contribution in [-0.2, 0) is 0 Å². The molecule has 0 radical (unpaired) electrons. The second-order valence-corrected chi connectivity index (χ2v) is 5.06. The summed E-state index contributed by atoms with van der Waals surface area (Å²) >= 11 is 0. The van der Waals surface area contributed by atoms with Gasteiger partial charge in [-0.2, -0.15) is 0 Å². The molecule has 0 aliphatic carbocycles. The van der Waals surface area contributed by atoms with Crippen molar-refractivity contribution in [3.05, 3.63) is 30.1 Å². The van der Waals surface area contributed by atoms with Crippen LogP contribution in [0, 0.1) is 11.8 Å². The zero-order chi connectivity index (χ0) is 11.0. The molecule has 3 atom stereocenters. The molecule has 0 spiro atoms. The van der Waals surface area contributed by atoms with Crippen molar-refractivity contribution in [3.8, 4) is 0 Å². The molecule has 0 amide bonds. The molecule has 0 aromatic carbocycles. The van der Waals surface area contributed by atoms with Crippen LogP contribution < -0.4 is 5.32 Å². The van der Waals surface area contributed by atoms with Crippen molar-refractivity contribution in [3.63, 3.8) is 0 Å². The van der Waals surface area contributed by atoms with E-state index in [0.717, 1.165) is 11.8 Å². The van der Waals surface area contributed by atoms with Crippen molar-refractivity contribution >= 4 is 0 Å². The lowest BCUT2D eigenvalue weighted by Gasteiger charge is -2.24. The number of nitrogens with one attached hydrogen (secondary N) is 1. The Morgan fingerprint density at radius 1 is 1.31 bits per heavy atom. The Hall–Kier alpha value is -0.930. The third kappa shape index (κ3) is 1.74. The molecule has 1 aromatic heterocycles. The summed E-state index contributed by atoms with van der Waals surface area (Å²) in [4.78, 5) is 7.04. The predicted octanol–water partition coefficient (Wildman–Crippen LogP) is 1.29. The number of aromatic nitrogens is 1. The lowest BCUT2D eigenvalue weighted by Crippen LogP contribution is -2.28. The molecule has 0 saturated carbocycles. The van der Waals surface area contributed by atoms with Crippen LogP contribution >= 0.6 is 0 Å². The van der Waals surface area contributed by atoms with Gasteiger partial charge in [-0.25, -0.2) is 0 Å². The highest BCUT2D eigenvalue weighted by Crippen LogP contribution is 2.31. The van der Waals surface area contributed by atoms with Crippen LogP contribution in [0.1, 0.15) is 18.7 Å². The maximum atomic E-state index is 4.46. The van der Waals surface area contributed by atoms with Gasteiger partial charge in [0.15, 0.2) is 0 Å². The molecule has 1 aromatic rings. The largest absolute Gasteiger partial charge is 0.316 e. The van der Waals surface area contributed by atoms with Gasteiger partial charge in [-0.05, 0) is 44.0 Å². The maximum absolute atomic E-state index is 4.46. The molecular weight excluding hydrogens is 198 g/mol. The van der Waals surface area contributed by atoms with Gasteiger partial charge < -0.3 is 5.32 Å². The first-order chi connectivity index (χ1) is 7.84. The van der Waals surface area contributed by atoms with Gasteiger partial charge in [0.2, 0.25) is 0 Å². The fourth-order valence-electron chi connectivity index (χ4n) is 3.02. The first-order valence-corrected chi connectivity index (χ1v) is 6.20. The predicted molar refractivity (Wildman–Crippen MR) is 64.1 cm³/mol. The lowest BCUT2D eigenvalue weighted by molar-refractivity contribution is 0.240. The summed E-state index contributed by atoms with van der Waals surface area (Å²) in [6, 6.07) is 6.67. The van der Waals surface area contributed by atoms with Gasteiger partial charge in [-0.15, -0.1) is 0 Å². The molecule has 3 rings (SSSR count). The summed E-state index contributed by atoms with van der Waals surface area (Å²) in [5.74, 6) is 1.73. The molecule has 3 nitrogen and oxygen atoms in total. The van der Waals surface area contributed by atoms with E-state index in [1.807, 2.05) is 12.3 Å². The Kier molecular flexibility index (Phi) is 2.65. The number of pyridine rings is 1. The van der Waals surface area contributed by atoms with E-state index in [2.05, 4.69) is 34.3 Å². The second-order valence-electron chi connectivity index (χ2n) is 5.06. The van der Waals surface area contributed by atoms with Crippen LogP contribution in [0.25, 0.3) is 0 Å². The quantitative estimate of drug-likeness (QED) is 0.809. The minimum absolute atomic E-state index is 0.465. The van der Waals surface area contributed by atoms with Crippen LogP contribution in [0.5, 0.6) is 0 Å². The first-order valence-electron chi connectivity index (χ1n) is 6.20. The second kappa shape index (κ2) is 4.15. The number of likely N-dealkylation sites (tertiary alicyclic amines) is 1. The van der Waals surface area contributed by atoms with Crippen LogP contribution in [0.2, 0.25) is 0 Å².